The topological polar surface area (TPSA) is 32.7 Å². The van der Waals surface area contributed by atoms with Gasteiger partial charge in [-0.3, -0.25) is 4.90 Å². The molecule has 1 aliphatic rings. The van der Waals surface area contributed by atoms with E-state index in [4.69, 9.17) is 9.84 Å². The molecule has 0 aromatic heterocycles. The van der Waals surface area contributed by atoms with E-state index in [1.165, 1.54) is 12.8 Å². The van der Waals surface area contributed by atoms with Crippen molar-refractivity contribution in [1.82, 2.24) is 4.90 Å². The Bertz CT molecular complexity index is 107. The summed E-state index contributed by atoms with van der Waals surface area (Å²) in [5.41, 5.74) is 0. The minimum atomic E-state index is 0.302. The van der Waals surface area contributed by atoms with Gasteiger partial charge in [0.2, 0.25) is 0 Å². The summed E-state index contributed by atoms with van der Waals surface area (Å²) in [4.78, 5) is 2.42. The molecule has 0 atom stereocenters. The standard InChI is InChI=1S/C9H19NO2/c1-12-8-6-10(5-2-7-11)9-3-4-9/h9,11H,2-8H2,1H3. The van der Waals surface area contributed by atoms with Crippen LogP contribution < -0.4 is 0 Å². The lowest BCUT2D eigenvalue weighted by molar-refractivity contribution is 0.137. The van der Waals surface area contributed by atoms with E-state index in [1.807, 2.05) is 0 Å². The Hall–Kier alpha value is -0.120. The van der Waals surface area contributed by atoms with Crippen LogP contribution in [0.2, 0.25) is 0 Å². The van der Waals surface area contributed by atoms with Gasteiger partial charge in [-0.25, -0.2) is 0 Å². The molecule has 0 aromatic rings. The third kappa shape index (κ3) is 3.52. The maximum absolute atomic E-state index is 8.68. The molecule has 1 saturated carbocycles. The first kappa shape index (κ1) is 9.96. The van der Waals surface area contributed by atoms with Crippen molar-refractivity contribution in [3.63, 3.8) is 0 Å². The highest BCUT2D eigenvalue weighted by Crippen LogP contribution is 2.26. The number of nitrogens with zero attached hydrogens (tertiary/aromatic N) is 1. The van der Waals surface area contributed by atoms with Gasteiger partial charge in [0.05, 0.1) is 6.61 Å². The number of methoxy groups -OCH3 is 1. The highest BCUT2D eigenvalue weighted by molar-refractivity contribution is 4.84. The van der Waals surface area contributed by atoms with Gasteiger partial charge in [0.25, 0.3) is 0 Å². The number of hydrogen-bond acceptors (Lipinski definition) is 3. The first-order valence-electron chi connectivity index (χ1n) is 4.72. The zero-order chi connectivity index (χ0) is 8.81. The van der Waals surface area contributed by atoms with Gasteiger partial charge in [0, 0.05) is 32.8 Å². The fraction of sp³-hybridized carbons (Fsp3) is 1.00. The quantitative estimate of drug-likeness (QED) is 0.608. The molecule has 3 heteroatoms. The minimum absolute atomic E-state index is 0.302. The van der Waals surface area contributed by atoms with Crippen molar-refractivity contribution in [3.05, 3.63) is 0 Å². The average Bonchev–Trinajstić information content (AvgIpc) is 2.88. The van der Waals surface area contributed by atoms with E-state index in [0.29, 0.717) is 6.61 Å². The van der Waals surface area contributed by atoms with Crippen molar-refractivity contribution in [2.75, 3.05) is 33.4 Å². The van der Waals surface area contributed by atoms with E-state index in [-0.39, 0.29) is 0 Å². The van der Waals surface area contributed by atoms with Gasteiger partial charge in [-0.05, 0) is 19.3 Å². The second-order valence-electron chi connectivity index (χ2n) is 3.34. The molecule has 1 N–H and O–H groups in total. The fourth-order valence-corrected chi connectivity index (χ4v) is 1.40. The Morgan fingerprint density at radius 3 is 2.67 bits per heavy atom. The van der Waals surface area contributed by atoms with E-state index in [0.717, 1.165) is 32.2 Å². The smallest absolute Gasteiger partial charge is 0.0589 e. The molecule has 0 unspecified atom stereocenters. The normalized spacial score (nSPS) is 17.2. The SMILES string of the molecule is COCCN(CCCO)C1CC1. The van der Waals surface area contributed by atoms with Crippen LogP contribution in [0.1, 0.15) is 19.3 Å². The summed E-state index contributed by atoms with van der Waals surface area (Å²) >= 11 is 0. The molecule has 0 heterocycles. The van der Waals surface area contributed by atoms with Crippen molar-refractivity contribution in [1.29, 1.82) is 0 Å². The van der Waals surface area contributed by atoms with Crippen LogP contribution >= 0.6 is 0 Å². The summed E-state index contributed by atoms with van der Waals surface area (Å²) in [5, 5.41) is 8.68. The molecule has 12 heavy (non-hydrogen) atoms. The number of ether oxygens (including phenoxy) is 1. The second-order valence-corrected chi connectivity index (χ2v) is 3.34. The Kier molecular flexibility index (Phi) is 4.58. The molecule has 72 valence electrons. The molecule has 0 spiro atoms. The molecule has 0 aliphatic heterocycles. The second kappa shape index (κ2) is 5.51. The van der Waals surface area contributed by atoms with Gasteiger partial charge in [-0.2, -0.15) is 0 Å². The lowest BCUT2D eigenvalue weighted by atomic mass is 10.4. The molecule has 1 rings (SSSR count). The highest BCUT2D eigenvalue weighted by atomic mass is 16.5. The maximum Gasteiger partial charge on any atom is 0.0589 e. The van der Waals surface area contributed by atoms with Crippen LogP contribution in [-0.4, -0.2) is 49.5 Å². The molecule has 3 nitrogen and oxygen atoms in total. The van der Waals surface area contributed by atoms with Crippen LogP contribution in [-0.2, 0) is 4.74 Å². The molecule has 1 aliphatic carbocycles. The molecular weight excluding hydrogens is 154 g/mol. The first-order chi connectivity index (χ1) is 5.88. The Labute approximate surface area is 74.3 Å². The predicted octanol–water partition coefficient (Wildman–Crippen LogP) is 0.480. The van der Waals surface area contributed by atoms with E-state index in [1.54, 1.807) is 7.11 Å². The van der Waals surface area contributed by atoms with Gasteiger partial charge in [0.15, 0.2) is 0 Å². The number of rotatable bonds is 7. The fourth-order valence-electron chi connectivity index (χ4n) is 1.40. The summed E-state index contributed by atoms with van der Waals surface area (Å²) in [7, 11) is 1.73. The zero-order valence-electron chi connectivity index (χ0n) is 7.83. The van der Waals surface area contributed by atoms with Gasteiger partial charge in [-0.15, -0.1) is 0 Å². The molecule has 0 amide bonds. The van der Waals surface area contributed by atoms with Crippen LogP contribution in [0.3, 0.4) is 0 Å². The van der Waals surface area contributed by atoms with Crippen LogP contribution in [0.25, 0.3) is 0 Å². The van der Waals surface area contributed by atoms with Crippen molar-refractivity contribution in [2.45, 2.75) is 25.3 Å². The summed E-state index contributed by atoms with van der Waals surface area (Å²) in [6.45, 7) is 3.14. The van der Waals surface area contributed by atoms with Gasteiger partial charge in [-0.1, -0.05) is 0 Å². The van der Waals surface area contributed by atoms with E-state index in [2.05, 4.69) is 4.90 Å². The minimum Gasteiger partial charge on any atom is -0.396 e. The van der Waals surface area contributed by atoms with Crippen molar-refractivity contribution in [3.8, 4) is 0 Å². The summed E-state index contributed by atoms with van der Waals surface area (Å²) in [5.74, 6) is 0. The molecule has 0 bridgehead atoms. The van der Waals surface area contributed by atoms with Crippen LogP contribution in [0, 0.1) is 0 Å². The Balaban J connectivity index is 2.09. The predicted molar refractivity (Wildman–Crippen MR) is 48.2 cm³/mol. The molecular formula is C9H19NO2. The summed E-state index contributed by atoms with van der Waals surface area (Å²) < 4.78 is 5.03. The molecule has 0 radical (unpaired) electrons. The van der Waals surface area contributed by atoms with Crippen LogP contribution in [0.5, 0.6) is 0 Å². The molecule has 1 fully saturated rings. The molecule has 0 aromatic carbocycles. The van der Waals surface area contributed by atoms with E-state index in [9.17, 15) is 0 Å². The van der Waals surface area contributed by atoms with Gasteiger partial charge >= 0.3 is 0 Å². The summed E-state index contributed by atoms with van der Waals surface area (Å²) in [6.07, 6.45) is 3.55. The third-order valence-corrected chi connectivity index (χ3v) is 2.25. The first-order valence-corrected chi connectivity index (χ1v) is 4.72. The monoisotopic (exact) mass is 173 g/mol. The lowest BCUT2D eigenvalue weighted by Gasteiger charge is -2.20. The Morgan fingerprint density at radius 1 is 1.42 bits per heavy atom. The van der Waals surface area contributed by atoms with E-state index >= 15 is 0 Å². The summed E-state index contributed by atoms with van der Waals surface area (Å²) in [6, 6.07) is 0.784. The highest BCUT2D eigenvalue weighted by Gasteiger charge is 2.27. The van der Waals surface area contributed by atoms with Gasteiger partial charge in [0.1, 0.15) is 0 Å². The lowest BCUT2D eigenvalue weighted by Crippen LogP contribution is -2.31. The largest absolute Gasteiger partial charge is 0.396 e. The van der Waals surface area contributed by atoms with Gasteiger partial charge < -0.3 is 9.84 Å². The number of hydrogen-bond donors (Lipinski definition) is 1. The zero-order valence-corrected chi connectivity index (χ0v) is 7.83. The number of aliphatic hydroxyl groups excluding tert-OH is 1. The number of aliphatic hydroxyl groups is 1. The van der Waals surface area contributed by atoms with Crippen molar-refractivity contribution in [2.24, 2.45) is 0 Å². The maximum atomic E-state index is 8.68. The average molecular weight is 173 g/mol. The van der Waals surface area contributed by atoms with Crippen molar-refractivity contribution < 1.29 is 9.84 Å². The van der Waals surface area contributed by atoms with Crippen molar-refractivity contribution >= 4 is 0 Å². The van der Waals surface area contributed by atoms with Crippen LogP contribution in [0.4, 0.5) is 0 Å². The van der Waals surface area contributed by atoms with E-state index < -0.39 is 0 Å². The molecule has 0 saturated heterocycles. The third-order valence-electron chi connectivity index (χ3n) is 2.25. The Morgan fingerprint density at radius 2 is 2.17 bits per heavy atom. The van der Waals surface area contributed by atoms with Crippen LogP contribution in [0.15, 0.2) is 0 Å².